The molecule has 3 rings (SSSR count). The van der Waals surface area contributed by atoms with Crippen molar-refractivity contribution in [3.05, 3.63) is 12.3 Å². The summed E-state index contributed by atoms with van der Waals surface area (Å²) in [7, 11) is -3.60. The Hall–Kier alpha value is 0.0138. The molecule has 3 fully saturated rings. The molecule has 0 radical (unpaired) electrons. The first-order chi connectivity index (χ1) is 10.3. The number of hydrogen-bond donors (Lipinski definition) is 0. The Morgan fingerprint density at radius 2 is 1.91 bits per heavy atom. The lowest BCUT2D eigenvalue weighted by Crippen LogP contribution is -2.46. The molecule has 1 saturated carbocycles. The topological polar surface area (TPSA) is 30.9 Å². The minimum Gasteiger partial charge on any atom is -0.412 e. The Kier molecular flexibility index (Phi) is 4.71. The highest BCUT2D eigenvalue weighted by Gasteiger charge is 2.60. The van der Waals surface area contributed by atoms with E-state index in [0.717, 1.165) is 6.61 Å². The number of hydroxylamine groups is 2. The van der Waals surface area contributed by atoms with Crippen molar-refractivity contribution in [3.8, 4) is 0 Å². The summed E-state index contributed by atoms with van der Waals surface area (Å²) >= 11 is 0. The number of fused-ring (bicyclic) bond motifs is 1. The van der Waals surface area contributed by atoms with Crippen LogP contribution < -0.4 is 0 Å². The maximum atomic E-state index is 6.66. The second-order valence-corrected chi connectivity index (χ2v) is 16.1. The van der Waals surface area contributed by atoms with Crippen LogP contribution in [0.15, 0.2) is 12.3 Å². The van der Waals surface area contributed by atoms with Gasteiger partial charge in [-0.2, -0.15) is 0 Å². The summed E-state index contributed by atoms with van der Waals surface area (Å²) in [5.41, 5.74) is 2.49. The Morgan fingerprint density at radius 3 is 2.55 bits per heavy atom. The van der Waals surface area contributed by atoms with Gasteiger partial charge in [0.1, 0.15) is 0 Å². The fraction of sp³-hybridized carbons (Fsp3) is 0.875. The molecule has 2 aliphatic heterocycles. The average Bonchev–Trinajstić information content (AvgIpc) is 3.00. The van der Waals surface area contributed by atoms with Gasteiger partial charge < -0.3 is 8.95 Å². The quantitative estimate of drug-likeness (QED) is 0.723. The van der Waals surface area contributed by atoms with Gasteiger partial charge in [-0.25, -0.2) is 0 Å². The average molecular weight is 342 g/mol. The molecule has 2 saturated heterocycles. The van der Waals surface area contributed by atoms with E-state index >= 15 is 0 Å². The van der Waals surface area contributed by atoms with E-state index in [1.54, 1.807) is 0 Å². The lowest BCUT2D eigenvalue weighted by Gasteiger charge is -2.36. The van der Waals surface area contributed by atoms with Crippen LogP contribution >= 0.6 is 0 Å². The molecule has 3 atom stereocenters. The van der Waals surface area contributed by atoms with Gasteiger partial charge in [0, 0.05) is 5.54 Å². The molecule has 0 unspecified atom stereocenters. The van der Waals surface area contributed by atoms with E-state index in [4.69, 9.17) is 13.8 Å². The highest BCUT2D eigenvalue weighted by atomic mass is 28.4. The first kappa shape index (κ1) is 16.9. The second-order valence-electron chi connectivity index (χ2n) is 8.16. The minimum atomic E-state index is -1.90. The van der Waals surface area contributed by atoms with Crippen molar-refractivity contribution < 1.29 is 13.8 Å². The van der Waals surface area contributed by atoms with Gasteiger partial charge in [-0.1, -0.05) is 30.2 Å². The maximum absolute atomic E-state index is 6.66. The number of hydrogen-bond acceptors (Lipinski definition) is 4. The molecule has 0 spiro atoms. The van der Waals surface area contributed by atoms with Crippen molar-refractivity contribution in [2.24, 2.45) is 5.92 Å². The molecular weight excluding hydrogens is 310 g/mol. The zero-order valence-electron chi connectivity index (χ0n) is 14.5. The van der Waals surface area contributed by atoms with Crippen LogP contribution in [0.1, 0.15) is 32.1 Å². The largest absolute Gasteiger partial charge is 0.412 e. The van der Waals surface area contributed by atoms with E-state index in [0.29, 0.717) is 17.6 Å². The molecule has 3 aliphatic rings. The molecular formula is C16H31NO3Si2. The fourth-order valence-corrected chi connectivity index (χ4v) is 7.68. The third kappa shape index (κ3) is 3.14. The molecule has 0 aromatic carbocycles. The molecule has 6 heteroatoms. The predicted molar refractivity (Wildman–Crippen MR) is 93.0 cm³/mol. The van der Waals surface area contributed by atoms with Gasteiger partial charge in [0.05, 0.1) is 18.8 Å². The Bertz CT molecular complexity index is 424. The van der Waals surface area contributed by atoms with Gasteiger partial charge in [0.25, 0.3) is 0 Å². The molecule has 0 amide bonds. The maximum Gasteiger partial charge on any atom is 0.241 e. The smallest absolute Gasteiger partial charge is 0.241 e. The molecule has 0 aromatic rings. The monoisotopic (exact) mass is 341 g/mol. The first-order valence-electron chi connectivity index (χ1n) is 8.77. The van der Waals surface area contributed by atoms with Crippen LogP contribution in [0.3, 0.4) is 0 Å². The van der Waals surface area contributed by atoms with Crippen LogP contribution in [-0.2, 0) is 13.8 Å². The van der Waals surface area contributed by atoms with Crippen molar-refractivity contribution in [1.29, 1.82) is 0 Å². The normalized spacial score (nSPS) is 36.5. The fourth-order valence-electron chi connectivity index (χ4n) is 4.15. The lowest BCUT2D eigenvalue weighted by atomic mass is 9.82. The van der Waals surface area contributed by atoms with Crippen LogP contribution in [0.25, 0.3) is 0 Å². The van der Waals surface area contributed by atoms with Crippen LogP contribution in [0, 0.1) is 5.92 Å². The molecule has 4 nitrogen and oxygen atoms in total. The summed E-state index contributed by atoms with van der Waals surface area (Å²) in [6, 6.07) is 0.288. The molecule has 0 N–H and O–H groups in total. The lowest BCUT2D eigenvalue weighted by molar-refractivity contribution is -0.319. The van der Waals surface area contributed by atoms with Gasteiger partial charge in [-0.15, -0.1) is 6.58 Å². The molecule has 126 valence electrons. The van der Waals surface area contributed by atoms with Crippen molar-refractivity contribution in [3.63, 3.8) is 0 Å². The van der Waals surface area contributed by atoms with Gasteiger partial charge in [0.15, 0.2) is 8.32 Å². The van der Waals surface area contributed by atoms with Gasteiger partial charge in [-0.05, 0) is 44.9 Å². The highest BCUT2D eigenvalue weighted by Crippen LogP contribution is 2.49. The van der Waals surface area contributed by atoms with E-state index < -0.39 is 16.6 Å². The van der Waals surface area contributed by atoms with Crippen molar-refractivity contribution in [1.82, 2.24) is 5.23 Å². The minimum absolute atomic E-state index is 0.288. The Labute approximate surface area is 137 Å². The molecule has 22 heavy (non-hydrogen) atoms. The first-order valence-corrected chi connectivity index (χ1v) is 14.7. The zero-order valence-corrected chi connectivity index (χ0v) is 16.5. The van der Waals surface area contributed by atoms with Crippen LogP contribution in [0.4, 0.5) is 0 Å². The summed E-state index contributed by atoms with van der Waals surface area (Å²) in [4.78, 5) is 5.97. The van der Waals surface area contributed by atoms with Gasteiger partial charge >= 0.3 is 0 Å². The summed E-state index contributed by atoms with van der Waals surface area (Å²) in [5, 5.41) is 1.83. The molecule has 2 heterocycles. The van der Waals surface area contributed by atoms with Gasteiger partial charge in [-0.3, -0.25) is 4.84 Å². The Balaban J connectivity index is 1.79. The number of nitrogens with zero attached hydrogens (tertiary/aromatic N) is 1. The van der Waals surface area contributed by atoms with E-state index in [9.17, 15) is 0 Å². The van der Waals surface area contributed by atoms with E-state index in [-0.39, 0.29) is 6.04 Å². The van der Waals surface area contributed by atoms with Crippen molar-refractivity contribution in [2.75, 3.05) is 6.61 Å². The van der Waals surface area contributed by atoms with Crippen LogP contribution in [0.2, 0.25) is 31.7 Å². The number of rotatable bonds is 4. The third-order valence-corrected chi connectivity index (χ3v) is 10.4. The summed E-state index contributed by atoms with van der Waals surface area (Å²) in [6.45, 7) is 13.7. The third-order valence-electron chi connectivity index (χ3n) is 5.64. The van der Waals surface area contributed by atoms with E-state index in [1.165, 1.54) is 32.1 Å². The summed E-state index contributed by atoms with van der Waals surface area (Å²) in [5.74, 6) is 0.678. The SMILES string of the molecule is C=C[Si](C)(C)ON1OC[C@@H]2[C@H]1[C@@H](C1CCCCC1)O[Si]2(C)C. The standard InChI is InChI=1S/C16H31NO3Si2/c1-6-21(2,3)20-17-15-14(12-18-17)22(4,5)19-16(15)13-10-8-7-9-11-13/h6,13-16H,1,7-12H2,2-5H3/t14-,15+,16-/m1/s1. The molecule has 1 aliphatic carbocycles. The van der Waals surface area contributed by atoms with Gasteiger partial charge in [0.2, 0.25) is 8.32 Å². The van der Waals surface area contributed by atoms with Crippen molar-refractivity contribution in [2.45, 2.75) is 76.0 Å². The molecule has 0 bridgehead atoms. The summed E-state index contributed by atoms with van der Waals surface area (Å²) < 4.78 is 12.9. The van der Waals surface area contributed by atoms with E-state index in [2.05, 4.69) is 32.8 Å². The highest BCUT2D eigenvalue weighted by molar-refractivity contribution is 6.76. The predicted octanol–water partition coefficient (Wildman–Crippen LogP) is 4.02. The zero-order chi connectivity index (χ0) is 16.0. The van der Waals surface area contributed by atoms with E-state index in [1.807, 2.05) is 10.9 Å². The molecule has 0 aromatic heterocycles. The Morgan fingerprint density at radius 1 is 1.23 bits per heavy atom. The van der Waals surface area contributed by atoms with Crippen molar-refractivity contribution >= 4 is 16.6 Å². The second kappa shape index (κ2) is 6.14. The van der Waals surface area contributed by atoms with Crippen LogP contribution in [0.5, 0.6) is 0 Å². The summed E-state index contributed by atoms with van der Waals surface area (Å²) in [6.07, 6.45) is 6.97. The van der Waals surface area contributed by atoms with Crippen LogP contribution in [-0.4, -0.2) is 40.6 Å².